The van der Waals surface area contributed by atoms with Crippen LogP contribution in [0.1, 0.15) is 5.56 Å². The van der Waals surface area contributed by atoms with Gasteiger partial charge in [0, 0.05) is 18.0 Å². The summed E-state index contributed by atoms with van der Waals surface area (Å²) >= 11 is 0. The molecule has 2 rings (SSSR count). The lowest BCUT2D eigenvalue weighted by Gasteiger charge is -2.11. The second kappa shape index (κ2) is 3.41. The van der Waals surface area contributed by atoms with E-state index in [-0.39, 0.29) is 18.5 Å². The summed E-state index contributed by atoms with van der Waals surface area (Å²) in [4.78, 5) is 31.0. The molecule has 0 radical (unpaired) electrons. The van der Waals surface area contributed by atoms with Crippen LogP contribution in [0.2, 0.25) is 0 Å². The number of carbonyl (C=O) groups excluding carboxylic acids is 2. The summed E-state index contributed by atoms with van der Waals surface area (Å²) in [6.45, 7) is 0.464. The summed E-state index contributed by atoms with van der Waals surface area (Å²) in [5.74, 6) is -0.271. The lowest BCUT2D eigenvalue weighted by Crippen LogP contribution is -2.27. The number of imide groups is 1. The number of hydrogen-bond acceptors (Lipinski definition) is 4. The summed E-state index contributed by atoms with van der Waals surface area (Å²) in [6, 6.07) is -0.362. The zero-order valence-electron chi connectivity index (χ0n) is 7.30. The van der Waals surface area contributed by atoms with Gasteiger partial charge in [0.1, 0.15) is 12.9 Å². The van der Waals surface area contributed by atoms with Crippen LogP contribution in [0.5, 0.6) is 0 Å². The van der Waals surface area contributed by atoms with E-state index in [2.05, 4.69) is 15.3 Å². The van der Waals surface area contributed by atoms with Gasteiger partial charge in [0.15, 0.2) is 0 Å². The minimum atomic E-state index is -0.362. The van der Waals surface area contributed by atoms with Crippen molar-refractivity contribution in [2.75, 3.05) is 6.54 Å². The molecule has 1 N–H and O–H groups in total. The number of nitrogens with zero attached hydrogens (tertiary/aromatic N) is 3. The van der Waals surface area contributed by atoms with Gasteiger partial charge in [-0.3, -0.25) is 10.1 Å². The molecule has 1 aromatic heterocycles. The Labute approximate surface area is 80.0 Å². The number of urea groups is 1. The first kappa shape index (κ1) is 8.61. The Balaban J connectivity index is 2.05. The highest BCUT2D eigenvalue weighted by Gasteiger charge is 2.26. The van der Waals surface area contributed by atoms with E-state index >= 15 is 0 Å². The molecule has 0 unspecified atom stereocenters. The van der Waals surface area contributed by atoms with Crippen LogP contribution in [0.25, 0.3) is 0 Å². The third kappa shape index (κ3) is 1.68. The smallest absolute Gasteiger partial charge is 0.311 e. The number of carbonyl (C=O) groups is 2. The van der Waals surface area contributed by atoms with Crippen molar-refractivity contribution in [2.24, 2.45) is 0 Å². The van der Waals surface area contributed by atoms with Gasteiger partial charge in [-0.2, -0.15) is 0 Å². The molecule has 6 nitrogen and oxygen atoms in total. The standard InChI is InChI=1S/C8H8N4O2/c13-7-4-12(8(14)11-7)3-6-1-9-5-10-2-6/h1-2,5H,3-4H2,(H,11,13,14). The highest BCUT2D eigenvalue weighted by atomic mass is 16.2. The van der Waals surface area contributed by atoms with Crippen molar-refractivity contribution in [1.82, 2.24) is 20.2 Å². The minimum Gasteiger partial charge on any atom is -0.311 e. The van der Waals surface area contributed by atoms with Crippen LogP contribution in [-0.4, -0.2) is 33.4 Å². The Hall–Kier alpha value is -1.98. The second-order valence-electron chi connectivity index (χ2n) is 2.96. The maximum Gasteiger partial charge on any atom is 0.324 e. The molecule has 0 aromatic carbocycles. The zero-order valence-corrected chi connectivity index (χ0v) is 7.30. The maximum atomic E-state index is 11.1. The Kier molecular flexibility index (Phi) is 2.10. The Morgan fingerprint density at radius 2 is 2.07 bits per heavy atom. The number of aromatic nitrogens is 2. The molecule has 3 amide bonds. The van der Waals surface area contributed by atoms with Gasteiger partial charge in [-0.1, -0.05) is 0 Å². The van der Waals surface area contributed by atoms with Crippen molar-refractivity contribution in [3.8, 4) is 0 Å². The van der Waals surface area contributed by atoms with E-state index in [9.17, 15) is 9.59 Å². The summed E-state index contributed by atoms with van der Waals surface area (Å²) < 4.78 is 0. The fourth-order valence-corrected chi connectivity index (χ4v) is 1.24. The lowest BCUT2D eigenvalue weighted by atomic mass is 10.3. The van der Waals surface area contributed by atoms with Crippen LogP contribution in [0.3, 0.4) is 0 Å². The molecule has 0 bridgehead atoms. The number of nitrogens with one attached hydrogen (secondary N) is 1. The van der Waals surface area contributed by atoms with Gasteiger partial charge in [0.05, 0.1) is 6.54 Å². The molecule has 1 aliphatic rings. The molecule has 1 fully saturated rings. The third-order valence-corrected chi connectivity index (χ3v) is 1.86. The van der Waals surface area contributed by atoms with Crippen molar-refractivity contribution in [1.29, 1.82) is 0 Å². The predicted octanol–water partition coefficient (Wildman–Crippen LogP) is -0.472. The van der Waals surface area contributed by atoms with Gasteiger partial charge in [-0.05, 0) is 0 Å². The first-order valence-electron chi connectivity index (χ1n) is 4.08. The molecule has 2 heterocycles. The van der Waals surface area contributed by atoms with E-state index in [4.69, 9.17) is 0 Å². The second-order valence-corrected chi connectivity index (χ2v) is 2.96. The summed E-state index contributed by atoms with van der Waals surface area (Å²) in [5, 5.41) is 2.19. The van der Waals surface area contributed by atoms with Gasteiger partial charge in [0.25, 0.3) is 0 Å². The molecule has 0 spiro atoms. The summed E-state index contributed by atoms with van der Waals surface area (Å²) in [6.07, 6.45) is 4.64. The fourth-order valence-electron chi connectivity index (χ4n) is 1.24. The molecular formula is C8H8N4O2. The van der Waals surface area contributed by atoms with E-state index in [0.717, 1.165) is 5.56 Å². The molecule has 1 aromatic rings. The van der Waals surface area contributed by atoms with Crippen LogP contribution in [0.4, 0.5) is 4.79 Å². The number of hydrogen-bond donors (Lipinski definition) is 1. The van der Waals surface area contributed by atoms with Gasteiger partial charge in [0.2, 0.25) is 5.91 Å². The van der Waals surface area contributed by atoms with E-state index in [1.807, 2.05) is 0 Å². The van der Waals surface area contributed by atoms with Crippen LogP contribution in [-0.2, 0) is 11.3 Å². The van der Waals surface area contributed by atoms with E-state index in [1.165, 1.54) is 11.2 Å². The number of rotatable bonds is 2. The van der Waals surface area contributed by atoms with Gasteiger partial charge in [-0.15, -0.1) is 0 Å². The molecule has 0 atom stereocenters. The van der Waals surface area contributed by atoms with Crippen LogP contribution >= 0.6 is 0 Å². The average Bonchev–Trinajstić information content (AvgIpc) is 2.47. The molecule has 6 heteroatoms. The first-order valence-corrected chi connectivity index (χ1v) is 4.08. The summed E-state index contributed by atoms with van der Waals surface area (Å²) in [5.41, 5.74) is 0.803. The van der Waals surface area contributed by atoms with Gasteiger partial charge < -0.3 is 4.90 Å². The van der Waals surface area contributed by atoms with E-state index in [1.54, 1.807) is 12.4 Å². The SMILES string of the molecule is O=C1CN(Cc2cncnc2)C(=O)N1. The van der Waals surface area contributed by atoms with Crippen LogP contribution < -0.4 is 5.32 Å². The van der Waals surface area contributed by atoms with Crippen molar-refractivity contribution >= 4 is 11.9 Å². The Bertz CT molecular complexity index is 365. The van der Waals surface area contributed by atoms with Crippen molar-refractivity contribution in [3.05, 3.63) is 24.3 Å². The van der Waals surface area contributed by atoms with Crippen LogP contribution in [0.15, 0.2) is 18.7 Å². The van der Waals surface area contributed by atoms with Crippen molar-refractivity contribution in [3.63, 3.8) is 0 Å². The predicted molar refractivity (Wildman–Crippen MR) is 46.0 cm³/mol. The van der Waals surface area contributed by atoms with E-state index in [0.29, 0.717) is 6.54 Å². The highest BCUT2D eigenvalue weighted by molar-refractivity contribution is 6.01. The molecular weight excluding hydrogens is 184 g/mol. The minimum absolute atomic E-state index is 0.105. The summed E-state index contributed by atoms with van der Waals surface area (Å²) in [7, 11) is 0. The largest absolute Gasteiger partial charge is 0.324 e. The van der Waals surface area contributed by atoms with Gasteiger partial charge >= 0.3 is 6.03 Å². The fraction of sp³-hybridized carbons (Fsp3) is 0.250. The van der Waals surface area contributed by atoms with Crippen LogP contribution in [0, 0.1) is 0 Å². The average molecular weight is 192 g/mol. The zero-order chi connectivity index (χ0) is 9.97. The molecule has 0 aliphatic carbocycles. The first-order chi connectivity index (χ1) is 6.75. The molecule has 0 saturated carbocycles. The molecule has 1 saturated heterocycles. The molecule has 72 valence electrons. The Morgan fingerprint density at radius 3 is 2.64 bits per heavy atom. The lowest BCUT2D eigenvalue weighted by molar-refractivity contribution is -0.118. The Morgan fingerprint density at radius 1 is 1.36 bits per heavy atom. The number of amides is 3. The topological polar surface area (TPSA) is 75.2 Å². The maximum absolute atomic E-state index is 11.1. The van der Waals surface area contributed by atoms with E-state index < -0.39 is 0 Å². The molecule has 1 aliphatic heterocycles. The molecule has 14 heavy (non-hydrogen) atoms. The monoisotopic (exact) mass is 192 g/mol. The van der Waals surface area contributed by atoms with Crippen molar-refractivity contribution < 1.29 is 9.59 Å². The van der Waals surface area contributed by atoms with Crippen molar-refractivity contribution in [2.45, 2.75) is 6.54 Å². The quantitative estimate of drug-likeness (QED) is 0.642. The third-order valence-electron chi connectivity index (χ3n) is 1.86. The highest BCUT2D eigenvalue weighted by Crippen LogP contribution is 2.05. The normalized spacial score (nSPS) is 15.9. The van der Waals surface area contributed by atoms with Gasteiger partial charge in [-0.25, -0.2) is 14.8 Å².